The molecule has 2 rings (SSSR count). The lowest BCUT2D eigenvalue weighted by atomic mass is 10.3. The molecule has 0 bridgehead atoms. The number of anilines is 1. The van der Waals surface area contributed by atoms with Crippen molar-refractivity contribution in [2.75, 3.05) is 18.5 Å². The molecule has 0 fully saturated rings. The van der Waals surface area contributed by atoms with Gasteiger partial charge in [-0.2, -0.15) is 0 Å². The topological polar surface area (TPSA) is 59.2 Å². The summed E-state index contributed by atoms with van der Waals surface area (Å²) < 4.78 is 0. The average Bonchev–Trinajstić information content (AvgIpc) is 2.87. The van der Waals surface area contributed by atoms with Gasteiger partial charge in [-0.25, -0.2) is 4.98 Å². The monoisotopic (exact) mass is 261 g/mol. The van der Waals surface area contributed by atoms with E-state index in [-0.39, 0.29) is 5.91 Å². The summed E-state index contributed by atoms with van der Waals surface area (Å²) in [6, 6.07) is 9.51. The fourth-order valence-corrected chi connectivity index (χ4v) is 2.38. The molecular weight excluding hydrogens is 246 g/mol. The molecule has 1 aromatic heterocycles. The quantitative estimate of drug-likeness (QED) is 0.914. The lowest BCUT2D eigenvalue weighted by Crippen LogP contribution is -2.26. The third-order valence-corrected chi connectivity index (χ3v) is 3.49. The standard InChI is InChI=1S/C13H15N3OS/c1-16(10-5-3-2-4-6-10)13(17)11-9-18-12(15-11)7-8-14/h2-6,9H,7-8,14H2,1H3. The Kier molecular flexibility index (Phi) is 4.07. The van der Waals surface area contributed by atoms with Crippen molar-refractivity contribution < 1.29 is 4.79 Å². The zero-order chi connectivity index (χ0) is 13.0. The highest BCUT2D eigenvalue weighted by Crippen LogP contribution is 2.16. The number of para-hydroxylation sites is 1. The van der Waals surface area contributed by atoms with Crippen LogP contribution in [0.25, 0.3) is 0 Å². The number of hydrogen-bond donors (Lipinski definition) is 1. The number of hydrogen-bond acceptors (Lipinski definition) is 4. The molecule has 0 aliphatic heterocycles. The molecule has 94 valence electrons. The maximum atomic E-state index is 12.2. The first-order valence-corrected chi connectivity index (χ1v) is 6.58. The first kappa shape index (κ1) is 12.7. The molecule has 2 aromatic rings. The Morgan fingerprint density at radius 1 is 1.39 bits per heavy atom. The molecule has 0 saturated carbocycles. The fraction of sp³-hybridized carbons (Fsp3) is 0.231. The Labute approximate surface area is 110 Å². The molecule has 1 aromatic carbocycles. The van der Waals surface area contributed by atoms with Crippen molar-refractivity contribution >= 4 is 22.9 Å². The van der Waals surface area contributed by atoms with Crippen LogP contribution < -0.4 is 10.6 Å². The predicted molar refractivity (Wildman–Crippen MR) is 74.0 cm³/mol. The van der Waals surface area contributed by atoms with Crippen LogP contribution in [0, 0.1) is 0 Å². The van der Waals surface area contributed by atoms with Crippen molar-refractivity contribution in [1.29, 1.82) is 0 Å². The molecule has 1 amide bonds. The van der Waals surface area contributed by atoms with Crippen LogP contribution in [-0.4, -0.2) is 24.5 Å². The van der Waals surface area contributed by atoms with Gasteiger partial charge in [-0.1, -0.05) is 18.2 Å². The number of carbonyl (C=O) groups excluding carboxylic acids is 1. The Bertz CT molecular complexity index is 524. The summed E-state index contributed by atoms with van der Waals surface area (Å²) in [5, 5.41) is 2.69. The molecule has 0 radical (unpaired) electrons. The van der Waals surface area contributed by atoms with Crippen molar-refractivity contribution in [2.24, 2.45) is 5.73 Å². The SMILES string of the molecule is CN(C(=O)c1csc(CCN)n1)c1ccccc1. The van der Waals surface area contributed by atoms with E-state index >= 15 is 0 Å². The normalized spacial score (nSPS) is 10.3. The van der Waals surface area contributed by atoms with Gasteiger partial charge in [0.25, 0.3) is 5.91 Å². The van der Waals surface area contributed by atoms with Crippen molar-refractivity contribution in [3.8, 4) is 0 Å². The Morgan fingerprint density at radius 2 is 2.11 bits per heavy atom. The van der Waals surface area contributed by atoms with Crippen LogP contribution in [-0.2, 0) is 6.42 Å². The van der Waals surface area contributed by atoms with Gasteiger partial charge in [0.1, 0.15) is 5.69 Å². The molecule has 1 heterocycles. The van der Waals surface area contributed by atoms with Crippen LogP contribution in [0.4, 0.5) is 5.69 Å². The van der Waals surface area contributed by atoms with Crippen LogP contribution in [0.1, 0.15) is 15.5 Å². The summed E-state index contributed by atoms with van der Waals surface area (Å²) >= 11 is 1.48. The molecule has 5 heteroatoms. The number of nitrogens with zero attached hydrogens (tertiary/aromatic N) is 2. The molecule has 18 heavy (non-hydrogen) atoms. The predicted octanol–water partition coefficient (Wildman–Crippen LogP) is 1.92. The average molecular weight is 261 g/mol. The van der Waals surface area contributed by atoms with Gasteiger partial charge in [0.05, 0.1) is 5.01 Å². The van der Waals surface area contributed by atoms with Gasteiger partial charge in [-0.05, 0) is 18.7 Å². The second-order valence-electron chi connectivity index (χ2n) is 3.86. The summed E-state index contributed by atoms with van der Waals surface area (Å²) in [6.07, 6.45) is 0.715. The smallest absolute Gasteiger partial charge is 0.277 e. The minimum absolute atomic E-state index is 0.0966. The second-order valence-corrected chi connectivity index (χ2v) is 4.81. The van der Waals surface area contributed by atoms with Gasteiger partial charge >= 0.3 is 0 Å². The van der Waals surface area contributed by atoms with Crippen LogP contribution in [0.15, 0.2) is 35.7 Å². The summed E-state index contributed by atoms with van der Waals surface area (Å²) in [7, 11) is 1.75. The van der Waals surface area contributed by atoms with E-state index in [0.29, 0.717) is 18.7 Å². The Balaban J connectivity index is 2.15. The first-order valence-electron chi connectivity index (χ1n) is 5.70. The van der Waals surface area contributed by atoms with E-state index in [1.165, 1.54) is 11.3 Å². The van der Waals surface area contributed by atoms with Crippen molar-refractivity contribution in [1.82, 2.24) is 4.98 Å². The molecule has 0 spiro atoms. The summed E-state index contributed by atoms with van der Waals surface area (Å²) in [4.78, 5) is 18.1. The number of thiazole rings is 1. The van der Waals surface area contributed by atoms with E-state index in [0.717, 1.165) is 10.7 Å². The van der Waals surface area contributed by atoms with E-state index in [1.807, 2.05) is 30.3 Å². The van der Waals surface area contributed by atoms with E-state index in [1.54, 1.807) is 17.3 Å². The number of rotatable bonds is 4. The van der Waals surface area contributed by atoms with Crippen LogP contribution in [0.2, 0.25) is 0 Å². The molecule has 0 saturated heterocycles. The zero-order valence-electron chi connectivity index (χ0n) is 10.2. The maximum absolute atomic E-state index is 12.2. The molecular formula is C13H15N3OS. The molecule has 0 aliphatic carbocycles. The first-order chi connectivity index (χ1) is 8.72. The molecule has 0 atom stereocenters. The highest BCUT2D eigenvalue weighted by molar-refractivity contribution is 7.09. The number of carbonyl (C=O) groups is 1. The van der Waals surface area contributed by atoms with Crippen LogP contribution >= 0.6 is 11.3 Å². The Morgan fingerprint density at radius 3 is 2.78 bits per heavy atom. The maximum Gasteiger partial charge on any atom is 0.277 e. The second kappa shape index (κ2) is 5.75. The highest BCUT2D eigenvalue weighted by atomic mass is 32.1. The minimum atomic E-state index is -0.0966. The van der Waals surface area contributed by atoms with Crippen molar-refractivity contribution in [3.63, 3.8) is 0 Å². The number of nitrogens with two attached hydrogens (primary N) is 1. The van der Waals surface area contributed by atoms with Gasteiger partial charge in [-0.15, -0.1) is 11.3 Å². The lowest BCUT2D eigenvalue weighted by molar-refractivity contribution is 0.0989. The third kappa shape index (κ3) is 2.75. The van der Waals surface area contributed by atoms with E-state index in [4.69, 9.17) is 5.73 Å². The number of benzene rings is 1. The van der Waals surface area contributed by atoms with E-state index in [9.17, 15) is 4.79 Å². The largest absolute Gasteiger partial charge is 0.330 e. The highest BCUT2D eigenvalue weighted by Gasteiger charge is 2.16. The van der Waals surface area contributed by atoms with Crippen LogP contribution in [0.3, 0.4) is 0 Å². The van der Waals surface area contributed by atoms with Gasteiger partial charge < -0.3 is 10.6 Å². The van der Waals surface area contributed by atoms with Crippen molar-refractivity contribution in [2.45, 2.75) is 6.42 Å². The van der Waals surface area contributed by atoms with E-state index in [2.05, 4.69) is 4.98 Å². The number of aromatic nitrogens is 1. The lowest BCUT2D eigenvalue weighted by Gasteiger charge is -2.15. The third-order valence-electron chi connectivity index (χ3n) is 2.58. The van der Waals surface area contributed by atoms with Gasteiger partial charge in [-0.3, -0.25) is 4.79 Å². The fourth-order valence-electron chi connectivity index (χ4n) is 1.59. The Hall–Kier alpha value is -1.72. The minimum Gasteiger partial charge on any atom is -0.330 e. The molecule has 0 aliphatic rings. The summed E-state index contributed by atoms with van der Waals surface area (Å²) in [6.45, 7) is 0.551. The molecule has 4 nitrogen and oxygen atoms in total. The van der Waals surface area contributed by atoms with Crippen LogP contribution in [0.5, 0.6) is 0 Å². The van der Waals surface area contributed by atoms with Gasteiger partial charge in [0.15, 0.2) is 0 Å². The van der Waals surface area contributed by atoms with Gasteiger partial charge in [0.2, 0.25) is 0 Å². The molecule has 0 unspecified atom stereocenters. The van der Waals surface area contributed by atoms with Crippen molar-refractivity contribution in [3.05, 3.63) is 46.4 Å². The number of amides is 1. The van der Waals surface area contributed by atoms with E-state index < -0.39 is 0 Å². The van der Waals surface area contributed by atoms with Gasteiger partial charge in [0, 0.05) is 24.5 Å². The molecule has 2 N–H and O–H groups in total. The zero-order valence-corrected chi connectivity index (χ0v) is 11.0. The summed E-state index contributed by atoms with van der Waals surface area (Å²) in [5.41, 5.74) is 6.81. The summed E-state index contributed by atoms with van der Waals surface area (Å²) in [5.74, 6) is -0.0966.